The van der Waals surface area contributed by atoms with Crippen molar-refractivity contribution in [3.8, 4) is 0 Å². The van der Waals surface area contributed by atoms with Crippen LogP contribution >= 0.6 is 0 Å². The molecule has 0 amide bonds. The van der Waals surface area contributed by atoms with Gasteiger partial charge in [-0.05, 0) is 26.7 Å². The summed E-state index contributed by atoms with van der Waals surface area (Å²) < 4.78 is 5.08. The van der Waals surface area contributed by atoms with E-state index in [2.05, 4.69) is 19.9 Å². The highest BCUT2D eigenvalue weighted by atomic mass is 16.6. The van der Waals surface area contributed by atoms with Crippen molar-refractivity contribution in [1.82, 2.24) is 0 Å². The second kappa shape index (κ2) is 3.02. The molecule has 0 N–H and O–H groups in total. The van der Waals surface area contributed by atoms with Gasteiger partial charge in [0.1, 0.15) is 0 Å². The van der Waals surface area contributed by atoms with Gasteiger partial charge in [0.05, 0.1) is 12.7 Å². The van der Waals surface area contributed by atoms with Gasteiger partial charge in [0.25, 0.3) is 0 Å². The number of hydrogen-bond donors (Lipinski definition) is 0. The minimum Gasteiger partial charge on any atom is -0.373 e. The molecule has 1 atom stereocenters. The van der Waals surface area contributed by atoms with Crippen LogP contribution in [0.4, 0.5) is 0 Å². The van der Waals surface area contributed by atoms with Crippen LogP contribution in [0, 0.1) is 0 Å². The van der Waals surface area contributed by atoms with E-state index in [-0.39, 0.29) is 0 Å². The summed E-state index contributed by atoms with van der Waals surface area (Å²) in [6.45, 7) is 5.25. The monoisotopic (exact) mass is 126 g/mol. The first-order valence-corrected chi connectivity index (χ1v) is 3.56. The van der Waals surface area contributed by atoms with Gasteiger partial charge in [-0.3, -0.25) is 0 Å². The molecule has 9 heavy (non-hydrogen) atoms. The van der Waals surface area contributed by atoms with Crippen molar-refractivity contribution < 1.29 is 4.74 Å². The van der Waals surface area contributed by atoms with E-state index in [0.717, 1.165) is 6.61 Å². The highest BCUT2D eigenvalue weighted by molar-refractivity contribution is 4.96. The molecule has 0 bridgehead atoms. The Kier molecular flexibility index (Phi) is 2.29. The van der Waals surface area contributed by atoms with Crippen molar-refractivity contribution >= 4 is 0 Å². The van der Waals surface area contributed by atoms with E-state index in [0.29, 0.717) is 6.10 Å². The van der Waals surface area contributed by atoms with Crippen molar-refractivity contribution in [1.29, 1.82) is 0 Å². The molecule has 1 heteroatoms. The van der Waals surface area contributed by atoms with Gasteiger partial charge in [0.2, 0.25) is 0 Å². The molecule has 1 nitrogen and oxygen atoms in total. The van der Waals surface area contributed by atoms with Gasteiger partial charge in [0.15, 0.2) is 0 Å². The van der Waals surface area contributed by atoms with Crippen LogP contribution in [0.15, 0.2) is 11.6 Å². The Balaban J connectivity index is 2.03. The van der Waals surface area contributed by atoms with Crippen LogP contribution in [0.1, 0.15) is 26.7 Å². The second-order valence-corrected chi connectivity index (χ2v) is 2.63. The van der Waals surface area contributed by atoms with Crippen molar-refractivity contribution in [2.75, 3.05) is 6.61 Å². The molecule has 1 fully saturated rings. The van der Waals surface area contributed by atoms with Crippen LogP contribution in [-0.2, 0) is 4.74 Å². The molecule has 0 unspecified atom stereocenters. The van der Waals surface area contributed by atoms with E-state index in [1.807, 2.05) is 0 Å². The number of hydrogen-bond acceptors (Lipinski definition) is 1. The van der Waals surface area contributed by atoms with E-state index < -0.39 is 0 Å². The normalized spacial score (nSPS) is 26.4. The molecule has 1 heterocycles. The van der Waals surface area contributed by atoms with Crippen molar-refractivity contribution in [3.05, 3.63) is 11.6 Å². The van der Waals surface area contributed by atoms with Gasteiger partial charge < -0.3 is 4.74 Å². The van der Waals surface area contributed by atoms with Crippen molar-refractivity contribution in [3.63, 3.8) is 0 Å². The topological polar surface area (TPSA) is 12.5 Å². The molecule has 0 saturated carbocycles. The number of ether oxygens (including phenoxy) is 1. The van der Waals surface area contributed by atoms with Gasteiger partial charge in [-0.25, -0.2) is 0 Å². The van der Waals surface area contributed by atoms with Crippen LogP contribution in [0.5, 0.6) is 0 Å². The Morgan fingerprint density at radius 1 is 1.78 bits per heavy atom. The van der Waals surface area contributed by atoms with Crippen molar-refractivity contribution in [2.45, 2.75) is 32.8 Å². The molecule has 0 aliphatic carbocycles. The lowest BCUT2D eigenvalue weighted by Crippen LogP contribution is -1.85. The first kappa shape index (κ1) is 6.81. The Morgan fingerprint density at radius 2 is 2.44 bits per heavy atom. The Morgan fingerprint density at radius 3 is 2.89 bits per heavy atom. The average molecular weight is 126 g/mol. The number of allylic oxidation sites excluding steroid dienone is 2. The quantitative estimate of drug-likeness (QED) is 0.417. The summed E-state index contributed by atoms with van der Waals surface area (Å²) in [6, 6.07) is 0. The zero-order valence-corrected chi connectivity index (χ0v) is 6.18. The van der Waals surface area contributed by atoms with E-state index in [4.69, 9.17) is 4.74 Å². The van der Waals surface area contributed by atoms with Gasteiger partial charge in [0, 0.05) is 0 Å². The maximum Gasteiger partial charge on any atom is 0.0813 e. The second-order valence-electron chi connectivity index (χ2n) is 2.63. The molecule has 1 saturated heterocycles. The molecule has 0 aromatic rings. The highest BCUT2D eigenvalue weighted by Gasteiger charge is 2.21. The third-order valence-electron chi connectivity index (χ3n) is 1.76. The molecule has 1 rings (SSSR count). The van der Waals surface area contributed by atoms with Crippen LogP contribution in [-0.4, -0.2) is 12.7 Å². The van der Waals surface area contributed by atoms with Gasteiger partial charge in [-0.15, -0.1) is 0 Å². The van der Waals surface area contributed by atoms with E-state index in [9.17, 15) is 0 Å². The van der Waals surface area contributed by atoms with Crippen LogP contribution in [0.2, 0.25) is 0 Å². The lowest BCUT2D eigenvalue weighted by atomic mass is 10.1. The Bertz CT molecular complexity index is 112. The molecule has 0 radical (unpaired) electrons. The fraction of sp³-hybridized carbons (Fsp3) is 0.750. The number of rotatable bonds is 3. The summed E-state index contributed by atoms with van der Waals surface area (Å²) in [5.74, 6) is 0. The van der Waals surface area contributed by atoms with Crippen LogP contribution in [0.25, 0.3) is 0 Å². The molecule has 52 valence electrons. The number of epoxide rings is 1. The molecular formula is C8H14O. The third-order valence-corrected chi connectivity index (χ3v) is 1.76. The van der Waals surface area contributed by atoms with E-state index in [1.165, 1.54) is 18.4 Å². The Hall–Kier alpha value is -0.300. The molecule has 1 aliphatic heterocycles. The van der Waals surface area contributed by atoms with Gasteiger partial charge >= 0.3 is 0 Å². The van der Waals surface area contributed by atoms with Crippen molar-refractivity contribution in [2.24, 2.45) is 0 Å². The lowest BCUT2D eigenvalue weighted by molar-refractivity contribution is 0.396. The fourth-order valence-corrected chi connectivity index (χ4v) is 0.768. The molecular weight excluding hydrogens is 112 g/mol. The molecule has 1 aliphatic rings. The zero-order valence-electron chi connectivity index (χ0n) is 6.18. The molecule has 0 aromatic heterocycles. The average Bonchev–Trinajstić information content (AvgIpc) is 2.65. The summed E-state index contributed by atoms with van der Waals surface area (Å²) in [5, 5.41) is 0. The summed E-state index contributed by atoms with van der Waals surface area (Å²) >= 11 is 0. The summed E-state index contributed by atoms with van der Waals surface area (Å²) in [5.41, 5.74) is 1.48. The predicted octanol–water partition coefficient (Wildman–Crippen LogP) is 2.13. The zero-order chi connectivity index (χ0) is 6.69. The fourth-order valence-electron chi connectivity index (χ4n) is 0.768. The van der Waals surface area contributed by atoms with E-state index >= 15 is 0 Å². The summed E-state index contributed by atoms with van der Waals surface area (Å²) in [4.78, 5) is 0. The van der Waals surface area contributed by atoms with Crippen LogP contribution < -0.4 is 0 Å². The summed E-state index contributed by atoms with van der Waals surface area (Å²) in [6.07, 6.45) is 5.19. The Labute approximate surface area is 56.7 Å². The first-order valence-electron chi connectivity index (χ1n) is 3.56. The summed E-state index contributed by atoms with van der Waals surface area (Å²) in [7, 11) is 0. The maximum absolute atomic E-state index is 5.08. The standard InChI is InChI=1S/C8H14O/c1-3-7(2)4-5-8-6-9-8/h3,8H,4-6H2,1-2H3/b7-3+/t8-/m0/s1. The van der Waals surface area contributed by atoms with E-state index in [1.54, 1.807) is 0 Å². The SMILES string of the molecule is C/C=C(\C)CC[C@H]1CO1. The van der Waals surface area contributed by atoms with Crippen LogP contribution in [0.3, 0.4) is 0 Å². The molecule has 0 aromatic carbocycles. The van der Waals surface area contributed by atoms with Gasteiger partial charge in [-0.2, -0.15) is 0 Å². The first-order chi connectivity index (χ1) is 4.33. The largest absolute Gasteiger partial charge is 0.373 e. The maximum atomic E-state index is 5.08. The third kappa shape index (κ3) is 2.66. The van der Waals surface area contributed by atoms with Gasteiger partial charge in [-0.1, -0.05) is 11.6 Å². The minimum atomic E-state index is 0.597. The predicted molar refractivity (Wildman–Crippen MR) is 38.4 cm³/mol. The highest BCUT2D eigenvalue weighted by Crippen LogP contribution is 2.17. The lowest BCUT2D eigenvalue weighted by Gasteiger charge is -1.94. The minimum absolute atomic E-state index is 0.597. The molecule has 0 spiro atoms. The smallest absolute Gasteiger partial charge is 0.0813 e.